The Morgan fingerprint density at radius 2 is 2.17 bits per heavy atom. The normalized spacial score (nSPS) is 8.33. The first-order valence-electron chi connectivity index (χ1n) is 2.00. The summed E-state index contributed by atoms with van der Waals surface area (Å²) >= 11 is 0. The van der Waals surface area contributed by atoms with E-state index in [-0.39, 0.29) is 8.80 Å². The van der Waals surface area contributed by atoms with Crippen molar-refractivity contribution in [1.82, 2.24) is 0 Å². The third kappa shape index (κ3) is 3.78. The smallest absolute Gasteiger partial charge is 0.0555 e. The number of terminal acetylenes is 1. The standard InChI is InChI=1S/C5H9Si/c1-4-5-6(2)3/h1H,5H2,2-3H3. The van der Waals surface area contributed by atoms with Gasteiger partial charge in [-0.15, -0.1) is 12.3 Å². The summed E-state index contributed by atoms with van der Waals surface area (Å²) < 4.78 is 0. The van der Waals surface area contributed by atoms with Crippen LogP contribution >= 0.6 is 0 Å². The Balaban J connectivity index is 2.88. The zero-order valence-corrected chi connectivity index (χ0v) is 5.28. The Morgan fingerprint density at radius 3 is 2.17 bits per heavy atom. The van der Waals surface area contributed by atoms with E-state index in [4.69, 9.17) is 6.42 Å². The van der Waals surface area contributed by atoms with E-state index in [0.29, 0.717) is 0 Å². The highest BCUT2D eigenvalue weighted by Gasteiger charge is 1.86. The van der Waals surface area contributed by atoms with E-state index >= 15 is 0 Å². The van der Waals surface area contributed by atoms with Gasteiger partial charge >= 0.3 is 0 Å². The molecule has 0 atom stereocenters. The van der Waals surface area contributed by atoms with Crippen LogP contribution in [-0.4, -0.2) is 8.80 Å². The lowest BCUT2D eigenvalue weighted by molar-refractivity contribution is 1.71. The van der Waals surface area contributed by atoms with Gasteiger partial charge in [0.2, 0.25) is 0 Å². The molecule has 0 spiro atoms. The van der Waals surface area contributed by atoms with Gasteiger partial charge in [-0.2, -0.15) is 0 Å². The van der Waals surface area contributed by atoms with Gasteiger partial charge in [0.25, 0.3) is 0 Å². The summed E-state index contributed by atoms with van der Waals surface area (Å²) in [5.41, 5.74) is 0. The lowest BCUT2D eigenvalue weighted by Gasteiger charge is -1.87. The summed E-state index contributed by atoms with van der Waals surface area (Å²) in [7, 11) is -0.122. The molecule has 0 aliphatic heterocycles. The van der Waals surface area contributed by atoms with Gasteiger partial charge in [-0.3, -0.25) is 0 Å². The largest absolute Gasteiger partial charge is 0.120 e. The minimum Gasteiger partial charge on any atom is -0.120 e. The highest BCUT2D eigenvalue weighted by molar-refractivity contribution is 6.56. The van der Waals surface area contributed by atoms with Gasteiger partial charge in [0, 0.05) is 6.04 Å². The predicted octanol–water partition coefficient (Wildman–Crippen LogP) is 1.37. The molecule has 0 heterocycles. The second-order valence-corrected chi connectivity index (χ2v) is 4.36. The molecule has 0 nitrogen and oxygen atoms in total. The molecule has 0 aromatic heterocycles. The Hall–Kier alpha value is -0.223. The van der Waals surface area contributed by atoms with Crippen LogP contribution in [0.2, 0.25) is 19.1 Å². The maximum Gasteiger partial charge on any atom is 0.0555 e. The minimum atomic E-state index is -0.122. The van der Waals surface area contributed by atoms with Crippen molar-refractivity contribution in [3.05, 3.63) is 0 Å². The predicted molar refractivity (Wildman–Crippen MR) is 31.1 cm³/mol. The third-order valence-electron chi connectivity index (χ3n) is 0.456. The quantitative estimate of drug-likeness (QED) is 0.342. The Labute approximate surface area is 41.2 Å². The van der Waals surface area contributed by atoms with E-state index in [1.165, 1.54) is 0 Å². The summed E-state index contributed by atoms with van der Waals surface area (Å²) in [6, 6.07) is 1.00. The molecule has 0 aromatic rings. The molecule has 0 saturated heterocycles. The zero-order chi connectivity index (χ0) is 4.99. The molecule has 0 aliphatic carbocycles. The van der Waals surface area contributed by atoms with E-state index in [0.717, 1.165) is 6.04 Å². The van der Waals surface area contributed by atoms with Crippen LogP contribution in [0.5, 0.6) is 0 Å². The first-order valence-corrected chi connectivity index (χ1v) is 4.70. The molecule has 0 bridgehead atoms. The van der Waals surface area contributed by atoms with E-state index in [1.807, 2.05) is 0 Å². The molecule has 0 fully saturated rings. The Kier molecular flexibility index (Phi) is 2.88. The third-order valence-corrected chi connectivity index (χ3v) is 1.37. The summed E-state index contributed by atoms with van der Waals surface area (Å²) in [5, 5.41) is 0. The molecule has 1 heteroatoms. The average molecular weight is 97.2 g/mol. The van der Waals surface area contributed by atoms with Crippen LogP contribution in [0.1, 0.15) is 0 Å². The monoisotopic (exact) mass is 97.0 g/mol. The van der Waals surface area contributed by atoms with Crippen molar-refractivity contribution >= 4 is 8.80 Å². The van der Waals surface area contributed by atoms with Gasteiger partial charge in [0.1, 0.15) is 0 Å². The fourth-order valence-corrected chi connectivity index (χ4v) is 0.612. The fourth-order valence-electron chi connectivity index (χ4n) is 0.204. The molecule has 0 N–H and O–H groups in total. The zero-order valence-electron chi connectivity index (χ0n) is 4.28. The van der Waals surface area contributed by atoms with Crippen LogP contribution in [0.3, 0.4) is 0 Å². The van der Waals surface area contributed by atoms with Crippen LogP contribution in [0.15, 0.2) is 0 Å². The van der Waals surface area contributed by atoms with Crippen molar-refractivity contribution in [2.24, 2.45) is 0 Å². The molecule has 0 amide bonds. The van der Waals surface area contributed by atoms with Gasteiger partial charge in [0.15, 0.2) is 0 Å². The van der Waals surface area contributed by atoms with Gasteiger partial charge in [-0.1, -0.05) is 13.1 Å². The van der Waals surface area contributed by atoms with E-state index in [9.17, 15) is 0 Å². The van der Waals surface area contributed by atoms with Crippen LogP contribution < -0.4 is 0 Å². The molecule has 0 unspecified atom stereocenters. The first kappa shape index (κ1) is 5.78. The van der Waals surface area contributed by atoms with Gasteiger partial charge in [-0.25, -0.2) is 0 Å². The van der Waals surface area contributed by atoms with Gasteiger partial charge < -0.3 is 0 Å². The van der Waals surface area contributed by atoms with E-state index in [1.54, 1.807) is 0 Å². The van der Waals surface area contributed by atoms with Crippen molar-refractivity contribution in [3.63, 3.8) is 0 Å². The van der Waals surface area contributed by atoms with E-state index < -0.39 is 0 Å². The summed E-state index contributed by atoms with van der Waals surface area (Å²) in [6.45, 7) is 4.43. The number of rotatable bonds is 1. The highest BCUT2D eigenvalue weighted by atomic mass is 28.3. The van der Waals surface area contributed by atoms with Crippen molar-refractivity contribution in [2.75, 3.05) is 0 Å². The van der Waals surface area contributed by atoms with Crippen LogP contribution in [0.4, 0.5) is 0 Å². The van der Waals surface area contributed by atoms with Gasteiger partial charge in [-0.05, 0) is 0 Å². The number of hydrogen-bond donors (Lipinski definition) is 0. The molecule has 6 heavy (non-hydrogen) atoms. The lowest BCUT2D eigenvalue weighted by Crippen LogP contribution is -1.94. The van der Waals surface area contributed by atoms with Crippen LogP contribution in [0, 0.1) is 12.3 Å². The SMILES string of the molecule is C#CC[Si](C)C. The average Bonchev–Trinajstić information content (AvgIpc) is 1.35. The maximum absolute atomic E-state index is 5.00. The molecular formula is C5H9Si. The Morgan fingerprint density at radius 1 is 1.67 bits per heavy atom. The topological polar surface area (TPSA) is 0 Å². The van der Waals surface area contributed by atoms with Crippen LogP contribution in [-0.2, 0) is 0 Å². The highest BCUT2D eigenvalue weighted by Crippen LogP contribution is 1.84. The minimum absolute atomic E-state index is 0.122. The molecule has 0 rings (SSSR count). The van der Waals surface area contributed by atoms with Crippen molar-refractivity contribution in [3.8, 4) is 12.3 Å². The van der Waals surface area contributed by atoms with Crippen molar-refractivity contribution in [1.29, 1.82) is 0 Å². The molecule has 0 aliphatic rings. The second kappa shape index (κ2) is 2.99. The number of hydrogen-bond acceptors (Lipinski definition) is 0. The first-order chi connectivity index (χ1) is 2.77. The fraction of sp³-hybridized carbons (Fsp3) is 0.600. The van der Waals surface area contributed by atoms with Crippen molar-refractivity contribution in [2.45, 2.75) is 19.1 Å². The molecule has 1 radical (unpaired) electrons. The Bertz CT molecular complexity index is 58.8. The van der Waals surface area contributed by atoms with E-state index in [2.05, 4.69) is 19.0 Å². The maximum atomic E-state index is 5.00. The van der Waals surface area contributed by atoms with Crippen LogP contribution in [0.25, 0.3) is 0 Å². The summed E-state index contributed by atoms with van der Waals surface area (Å²) in [5.74, 6) is 2.61. The van der Waals surface area contributed by atoms with Gasteiger partial charge in [0.05, 0.1) is 8.80 Å². The lowest BCUT2D eigenvalue weighted by atomic mass is 10.8. The van der Waals surface area contributed by atoms with Crippen molar-refractivity contribution < 1.29 is 0 Å². The molecule has 33 valence electrons. The molecular weight excluding hydrogens is 88.1 g/mol. The molecule has 0 saturated carbocycles. The molecule has 0 aromatic carbocycles. The second-order valence-electron chi connectivity index (χ2n) is 1.59. The summed E-state index contributed by atoms with van der Waals surface area (Å²) in [6.07, 6.45) is 5.00. The summed E-state index contributed by atoms with van der Waals surface area (Å²) in [4.78, 5) is 0.